The summed E-state index contributed by atoms with van der Waals surface area (Å²) in [5.41, 5.74) is 1.13. The predicted molar refractivity (Wildman–Crippen MR) is 95.4 cm³/mol. The molecular weight excluding hydrogens is 336 g/mol. The van der Waals surface area contributed by atoms with E-state index < -0.39 is 17.5 Å². The lowest BCUT2D eigenvalue weighted by molar-refractivity contribution is 0.102. The van der Waals surface area contributed by atoms with E-state index in [2.05, 4.69) is 10.3 Å². The Hall–Kier alpha value is -3.54. The van der Waals surface area contributed by atoms with Crippen LogP contribution in [0.1, 0.15) is 10.4 Å². The van der Waals surface area contributed by atoms with E-state index in [1.165, 1.54) is 6.07 Å². The number of nitrogens with one attached hydrogen (secondary N) is 1. The van der Waals surface area contributed by atoms with E-state index in [4.69, 9.17) is 0 Å². The molecule has 0 radical (unpaired) electrons. The number of hydrogen-bond donors (Lipinski definition) is 1. The number of nitrogens with zero attached hydrogens (tertiary/aromatic N) is 2. The molecule has 2 heterocycles. The number of para-hydroxylation sites is 1. The summed E-state index contributed by atoms with van der Waals surface area (Å²) in [6, 6.07) is 16.0. The Bertz CT molecular complexity index is 1110. The zero-order valence-electron chi connectivity index (χ0n) is 13.5. The number of hydrogen-bond acceptors (Lipinski definition) is 2. The van der Waals surface area contributed by atoms with Gasteiger partial charge in [0.15, 0.2) is 11.6 Å². The second-order valence-electron chi connectivity index (χ2n) is 5.72. The van der Waals surface area contributed by atoms with E-state index in [1.54, 1.807) is 12.1 Å². The van der Waals surface area contributed by atoms with Crippen LogP contribution in [0.15, 0.2) is 73.1 Å². The van der Waals surface area contributed by atoms with Crippen LogP contribution in [0.5, 0.6) is 0 Å². The zero-order valence-corrected chi connectivity index (χ0v) is 13.5. The molecule has 6 heteroatoms. The molecule has 1 N–H and O–H groups in total. The van der Waals surface area contributed by atoms with Gasteiger partial charge in [-0.15, -0.1) is 0 Å². The molecule has 0 aliphatic carbocycles. The molecule has 0 spiro atoms. The first-order chi connectivity index (χ1) is 12.6. The predicted octanol–water partition coefficient (Wildman–Crippen LogP) is 4.56. The molecule has 0 unspecified atom stereocenters. The van der Waals surface area contributed by atoms with Crippen LogP contribution in [0.2, 0.25) is 0 Å². The fraction of sp³-hybridized carbons (Fsp3) is 0. The maximum atomic E-state index is 13.4. The van der Waals surface area contributed by atoms with Gasteiger partial charge in [0, 0.05) is 23.3 Å². The number of benzene rings is 2. The van der Waals surface area contributed by atoms with Crippen molar-refractivity contribution < 1.29 is 13.6 Å². The third-order valence-corrected chi connectivity index (χ3v) is 4.00. The fourth-order valence-electron chi connectivity index (χ4n) is 2.70. The van der Waals surface area contributed by atoms with Crippen LogP contribution < -0.4 is 5.32 Å². The highest BCUT2D eigenvalue weighted by molar-refractivity contribution is 6.08. The maximum Gasteiger partial charge on any atom is 0.255 e. The van der Waals surface area contributed by atoms with Crippen LogP contribution in [-0.2, 0) is 0 Å². The van der Waals surface area contributed by atoms with Gasteiger partial charge in [-0.2, -0.15) is 0 Å². The van der Waals surface area contributed by atoms with Gasteiger partial charge in [0.2, 0.25) is 0 Å². The molecule has 128 valence electrons. The van der Waals surface area contributed by atoms with Crippen LogP contribution in [0.25, 0.3) is 16.7 Å². The number of anilines is 1. The van der Waals surface area contributed by atoms with Gasteiger partial charge >= 0.3 is 0 Å². The normalized spacial score (nSPS) is 10.8. The van der Waals surface area contributed by atoms with Crippen LogP contribution >= 0.6 is 0 Å². The minimum Gasteiger partial charge on any atom is -0.320 e. The number of pyridine rings is 1. The summed E-state index contributed by atoms with van der Waals surface area (Å²) in [4.78, 5) is 17.0. The molecule has 0 atom stereocenters. The number of halogens is 2. The third-order valence-electron chi connectivity index (χ3n) is 4.00. The summed E-state index contributed by atoms with van der Waals surface area (Å²) in [7, 11) is 0. The number of aromatic nitrogens is 2. The van der Waals surface area contributed by atoms with Crippen LogP contribution in [0.3, 0.4) is 0 Å². The summed E-state index contributed by atoms with van der Waals surface area (Å²) in [6.45, 7) is 0. The highest BCUT2D eigenvalue weighted by Gasteiger charge is 2.12. The molecule has 0 fully saturated rings. The van der Waals surface area contributed by atoms with Gasteiger partial charge in [0.25, 0.3) is 5.91 Å². The molecule has 0 saturated carbocycles. The fourth-order valence-corrected chi connectivity index (χ4v) is 2.70. The topological polar surface area (TPSA) is 46.9 Å². The molecule has 2 aromatic heterocycles. The molecule has 0 saturated heterocycles. The van der Waals surface area contributed by atoms with Crippen molar-refractivity contribution in [3.8, 4) is 5.82 Å². The smallest absolute Gasteiger partial charge is 0.255 e. The average molecular weight is 349 g/mol. The molecule has 0 aliphatic heterocycles. The Balaban J connectivity index is 1.72. The van der Waals surface area contributed by atoms with Crippen LogP contribution in [0.4, 0.5) is 14.5 Å². The summed E-state index contributed by atoms with van der Waals surface area (Å²) in [6.07, 6.45) is 3.74. The SMILES string of the molecule is O=C(Nc1cccc2ccc(-n3cccc3)nc12)c1ccc(F)c(F)c1. The largest absolute Gasteiger partial charge is 0.320 e. The van der Waals surface area contributed by atoms with Crippen molar-refractivity contribution in [1.82, 2.24) is 9.55 Å². The average Bonchev–Trinajstić information content (AvgIpc) is 3.18. The van der Waals surface area contributed by atoms with Crippen LogP contribution in [-0.4, -0.2) is 15.5 Å². The lowest BCUT2D eigenvalue weighted by Crippen LogP contribution is -2.13. The van der Waals surface area contributed by atoms with Gasteiger partial charge in [0.05, 0.1) is 11.2 Å². The Kier molecular flexibility index (Phi) is 3.93. The van der Waals surface area contributed by atoms with E-state index in [-0.39, 0.29) is 5.56 Å². The van der Waals surface area contributed by atoms with Gasteiger partial charge < -0.3 is 9.88 Å². The first kappa shape index (κ1) is 16.0. The molecule has 2 aromatic carbocycles. The van der Waals surface area contributed by atoms with Gasteiger partial charge in [0.1, 0.15) is 5.82 Å². The molecule has 1 amide bonds. The van der Waals surface area contributed by atoms with E-state index in [1.807, 2.05) is 47.3 Å². The summed E-state index contributed by atoms with van der Waals surface area (Å²) < 4.78 is 28.3. The minimum absolute atomic E-state index is 0.0301. The Labute approximate surface area is 147 Å². The second kappa shape index (κ2) is 6.40. The quantitative estimate of drug-likeness (QED) is 0.589. The molecular formula is C20H13F2N3O. The monoisotopic (exact) mass is 349 g/mol. The highest BCUT2D eigenvalue weighted by atomic mass is 19.2. The lowest BCUT2D eigenvalue weighted by atomic mass is 10.1. The van der Waals surface area contributed by atoms with E-state index in [0.717, 1.165) is 17.5 Å². The van der Waals surface area contributed by atoms with Gasteiger partial charge in [-0.05, 0) is 48.5 Å². The van der Waals surface area contributed by atoms with E-state index in [0.29, 0.717) is 17.0 Å². The van der Waals surface area contributed by atoms with E-state index >= 15 is 0 Å². The van der Waals surface area contributed by atoms with Crippen molar-refractivity contribution >= 4 is 22.5 Å². The van der Waals surface area contributed by atoms with Crippen LogP contribution in [0, 0.1) is 11.6 Å². The summed E-state index contributed by atoms with van der Waals surface area (Å²) >= 11 is 0. The minimum atomic E-state index is -1.07. The van der Waals surface area contributed by atoms with Crippen molar-refractivity contribution in [1.29, 1.82) is 0 Å². The molecule has 26 heavy (non-hydrogen) atoms. The number of fused-ring (bicyclic) bond motifs is 1. The van der Waals surface area contributed by atoms with Crippen molar-refractivity contribution in [3.63, 3.8) is 0 Å². The number of rotatable bonds is 3. The third kappa shape index (κ3) is 2.93. The molecule has 4 rings (SSSR count). The van der Waals surface area contributed by atoms with Gasteiger partial charge in [-0.3, -0.25) is 4.79 Å². The Morgan fingerprint density at radius 1 is 0.923 bits per heavy atom. The number of carbonyl (C=O) groups excluding carboxylic acids is 1. The van der Waals surface area contributed by atoms with Crippen molar-refractivity contribution in [2.24, 2.45) is 0 Å². The first-order valence-electron chi connectivity index (χ1n) is 7.91. The number of carbonyl (C=O) groups is 1. The lowest BCUT2D eigenvalue weighted by Gasteiger charge is -2.10. The molecule has 4 aromatic rings. The summed E-state index contributed by atoms with van der Waals surface area (Å²) in [5, 5.41) is 3.57. The van der Waals surface area contributed by atoms with E-state index in [9.17, 15) is 13.6 Å². The summed E-state index contributed by atoms with van der Waals surface area (Å²) in [5.74, 6) is -1.89. The Morgan fingerprint density at radius 2 is 1.73 bits per heavy atom. The Morgan fingerprint density at radius 3 is 2.50 bits per heavy atom. The second-order valence-corrected chi connectivity index (χ2v) is 5.72. The molecule has 0 bridgehead atoms. The van der Waals surface area contributed by atoms with Crippen molar-refractivity contribution in [2.75, 3.05) is 5.32 Å². The number of amides is 1. The highest BCUT2D eigenvalue weighted by Crippen LogP contribution is 2.24. The molecule has 4 nitrogen and oxygen atoms in total. The standard InChI is InChI=1S/C20H13F2N3O/c21-15-8-6-14(12-16(15)22)20(26)23-17-5-3-4-13-7-9-18(24-19(13)17)25-10-1-2-11-25/h1-12H,(H,23,26). The molecule has 0 aliphatic rings. The van der Waals surface area contributed by atoms with Gasteiger partial charge in [-0.1, -0.05) is 12.1 Å². The maximum absolute atomic E-state index is 13.4. The zero-order chi connectivity index (χ0) is 18.1. The van der Waals surface area contributed by atoms with Gasteiger partial charge in [-0.25, -0.2) is 13.8 Å². The van der Waals surface area contributed by atoms with Crippen molar-refractivity contribution in [3.05, 3.63) is 90.3 Å². The van der Waals surface area contributed by atoms with Crippen molar-refractivity contribution in [2.45, 2.75) is 0 Å². The first-order valence-corrected chi connectivity index (χ1v) is 7.91.